The van der Waals surface area contributed by atoms with E-state index in [4.69, 9.17) is 51.7 Å². The Hall–Kier alpha value is -1.41. The van der Waals surface area contributed by atoms with Gasteiger partial charge in [0.25, 0.3) is 0 Å². The lowest BCUT2D eigenvalue weighted by Crippen LogP contribution is -2.52. The molecule has 1 aromatic carbocycles. The Bertz CT molecular complexity index is 1360. The number of phosphoric ester groups is 1. The van der Waals surface area contributed by atoms with Gasteiger partial charge in [-0.1, -0.05) is 56.1 Å². The summed E-state index contributed by atoms with van der Waals surface area (Å²) in [6.45, 7) is 8.65. The van der Waals surface area contributed by atoms with Crippen LogP contribution < -0.4 is 11.4 Å². The molecule has 2 fully saturated rings. The number of nitrogen functional groups attached to an aromatic ring is 1. The lowest BCUT2D eigenvalue weighted by Gasteiger charge is -2.40. The summed E-state index contributed by atoms with van der Waals surface area (Å²) in [6, 6.07) is 6.14. The van der Waals surface area contributed by atoms with Crippen LogP contribution >= 0.6 is 31.0 Å². The molecule has 0 radical (unpaired) electrons. The quantitative estimate of drug-likeness (QED) is 0.272. The zero-order chi connectivity index (χ0) is 29.7. The number of nitrogens with two attached hydrogens (primary N) is 1. The molecular weight excluding hydrogens is 610 g/mol. The molecule has 0 spiro atoms. The molecule has 222 valence electrons. The molecule has 0 unspecified atom stereocenters. The molecule has 4 rings (SSSR count). The van der Waals surface area contributed by atoms with Gasteiger partial charge in [0, 0.05) is 18.2 Å². The van der Waals surface area contributed by atoms with E-state index in [0.717, 1.165) is 6.20 Å². The van der Waals surface area contributed by atoms with E-state index in [1.54, 1.807) is 31.3 Å². The van der Waals surface area contributed by atoms with Crippen LogP contribution in [0, 0.1) is 0 Å². The number of alkyl halides is 2. The van der Waals surface area contributed by atoms with Crippen molar-refractivity contribution >= 4 is 45.2 Å². The van der Waals surface area contributed by atoms with Crippen LogP contribution in [0.5, 0.6) is 0 Å². The van der Waals surface area contributed by atoms with Gasteiger partial charge >= 0.3 is 19.4 Å². The fourth-order valence-corrected chi connectivity index (χ4v) is 7.18. The monoisotopic (exact) mass is 641 g/mol. The molecule has 1 aromatic heterocycles. The van der Waals surface area contributed by atoms with Crippen molar-refractivity contribution < 1.29 is 36.1 Å². The highest BCUT2D eigenvalue weighted by molar-refractivity contribution is 7.48. The number of hydrogen-bond donors (Lipinski definition) is 1. The molecule has 3 heterocycles. The Morgan fingerprint density at radius 2 is 1.98 bits per heavy atom. The van der Waals surface area contributed by atoms with Gasteiger partial charge in [0.05, 0.1) is 29.4 Å². The highest BCUT2D eigenvalue weighted by Gasteiger charge is 2.63. The van der Waals surface area contributed by atoms with Crippen molar-refractivity contribution in [2.24, 2.45) is 0 Å². The van der Waals surface area contributed by atoms with Crippen LogP contribution in [0.3, 0.4) is 0 Å². The maximum atomic E-state index is 16.0. The van der Waals surface area contributed by atoms with Crippen molar-refractivity contribution in [2.45, 2.75) is 75.8 Å². The van der Waals surface area contributed by atoms with Crippen LogP contribution in [-0.2, 0) is 27.3 Å². The van der Waals surface area contributed by atoms with E-state index in [1.807, 2.05) is 20.8 Å². The Kier molecular flexibility index (Phi) is 8.94. The van der Waals surface area contributed by atoms with E-state index in [2.05, 4.69) is 4.98 Å². The summed E-state index contributed by atoms with van der Waals surface area (Å²) in [5.74, 6) is -3.83. The number of ether oxygens (including phenoxy) is 1. The zero-order valence-corrected chi connectivity index (χ0v) is 26.0. The summed E-state index contributed by atoms with van der Waals surface area (Å²) >= 11 is 12.4. The van der Waals surface area contributed by atoms with Crippen LogP contribution in [-0.4, -0.2) is 49.2 Å². The van der Waals surface area contributed by atoms with Crippen molar-refractivity contribution in [3.05, 3.63) is 56.6 Å². The van der Waals surface area contributed by atoms with Crippen LogP contribution in [0.15, 0.2) is 35.3 Å². The smallest absolute Gasteiger partial charge is 0.405 e. The Balaban J connectivity index is 1.60. The SMILES string of the molecule is CC(C)(C)[Si](C)(C)O[C@@H]1[C@@H](CO[P@]2(=O)OCC[C@H](c3cccc(Cl)c3Cl)O2)O[C@@H](n2ccc(N)nc2=O)C1(F)F. The normalized spacial score (nSPS) is 29.0. The van der Waals surface area contributed by atoms with Crippen molar-refractivity contribution in [2.75, 3.05) is 18.9 Å². The minimum atomic E-state index is -4.25. The lowest BCUT2D eigenvalue weighted by molar-refractivity contribution is -0.138. The van der Waals surface area contributed by atoms with E-state index in [0.29, 0.717) is 16.6 Å². The number of hydrogen-bond acceptors (Lipinski definition) is 9. The molecule has 2 aliphatic rings. The fraction of sp³-hybridized carbons (Fsp3) is 0.583. The van der Waals surface area contributed by atoms with Gasteiger partial charge in [0.2, 0.25) is 6.23 Å². The second-order valence-corrected chi connectivity index (χ2v) is 18.3. The maximum Gasteiger partial charge on any atom is 0.475 e. The molecule has 16 heteroatoms. The average molecular weight is 642 g/mol. The Morgan fingerprint density at radius 1 is 1.27 bits per heavy atom. The molecule has 10 nitrogen and oxygen atoms in total. The Morgan fingerprint density at radius 3 is 2.62 bits per heavy atom. The third-order valence-corrected chi connectivity index (χ3v) is 14.1. The first-order valence-corrected chi connectivity index (χ1v) is 17.6. The molecule has 0 amide bonds. The number of halogens is 4. The summed E-state index contributed by atoms with van der Waals surface area (Å²) < 4.78 is 74.3. The number of nitrogens with zero attached hydrogens (tertiary/aromatic N) is 2. The highest BCUT2D eigenvalue weighted by atomic mass is 35.5. The minimum Gasteiger partial charge on any atom is -0.405 e. The molecule has 5 atom stereocenters. The van der Waals surface area contributed by atoms with Crippen molar-refractivity contribution in [1.82, 2.24) is 9.55 Å². The predicted octanol–water partition coefficient (Wildman–Crippen LogP) is 6.36. The molecule has 2 aliphatic heterocycles. The summed E-state index contributed by atoms with van der Waals surface area (Å²) in [7, 11) is -7.06. The number of aromatic nitrogens is 2. The number of rotatable bonds is 7. The van der Waals surface area contributed by atoms with Crippen molar-refractivity contribution in [1.29, 1.82) is 0 Å². The van der Waals surface area contributed by atoms with Gasteiger partial charge in [-0.15, -0.1) is 0 Å². The molecule has 40 heavy (non-hydrogen) atoms. The second kappa shape index (κ2) is 11.3. The van der Waals surface area contributed by atoms with Gasteiger partial charge < -0.3 is 14.9 Å². The topological polar surface area (TPSA) is 124 Å². The molecule has 0 aliphatic carbocycles. The average Bonchev–Trinajstić information content (AvgIpc) is 3.08. The number of benzene rings is 1. The van der Waals surface area contributed by atoms with Gasteiger partial charge in [-0.25, -0.2) is 9.36 Å². The maximum absolute atomic E-state index is 16.0. The van der Waals surface area contributed by atoms with Crippen LogP contribution in [0.1, 0.15) is 45.1 Å². The standard InChI is InChI=1S/C24H32Cl2F2N3O7PSi/c1-23(2,3)40(4,5)38-20-17(36-21(24(20,27)28)31-11-9-18(29)30-22(31)32)13-35-39(33)34-12-10-16(37-39)14-7-6-8-15(25)19(14)26/h6-9,11,16-17,20-21H,10,12-13H2,1-5H3,(H2,29,30,32)/t16-,17-,20-,21-,39+/m1/s1. The first kappa shape index (κ1) is 31.5. The summed E-state index contributed by atoms with van der Waals surface area (Å²) in [5.41, 5.74) is 4.99. The first-order chi connectivity index (χ1) is 18.4. The summed E-state index contributed by atoms with van der Waals surface area (Å²) in [5, 5.41) is 0.0862. The van der Waals surface area contributed by atoms with Gasteiger partial charge in [-0.3, -0.25) is 18.1 Å². The van der Waals surface area contributed by atoms with E-state index in [1.165, 1.54) is 6.07 Å². The molecular formula is C24H32Cl2F2N3O7PSi. The van der Waals surface area contributed by atoms with Gasteiger partial charge in [-0.2, -0.15) is 13.8 Å². The van der Waals surface area contributed by atoms with E-state index < -0.39 is 63.9 Å². The third-order valence-electron chi connectivity index (χ3n) is 7.29. The van der Waals surface area contributed by atoms with Gasteiger partial charge in [0.1, 0.15) is 18.0 Å². The van der Waals surface area contributed by atoms with Crippen LogP contribution in [0.4, 0.5) is 14.6 Å². The largest absolute Gasteiger partial charge is 0.475 e. The first-order valence-electron chi connectivity index (χ1n) is 12.5. The molecule has 2 N–H and O–H groups in total. The number of anilines is 1. The molecule has 0 bridgehead atoms. The minimum absolute atomic E-state index is 0.00844. The van der Waals surface area contributed by atoms with Crippen LogP contribution in [0.25, 0.3) is 0 Å². The van der Waals surface area contributed by atoms with E-state index >= 15 is 8.78 Å². The molecule has 0 saturated carbocycles. The van der Waals surface area contributed by atoms with Crippen molar-refractivity contribution in [3.8, 4) is 0 Å². The predicted molar refractivity (Wildman–Crippen MR) is 148 cm³/mol. The van der Waals surface area contributed by atoms with E-state index in [9.17, 15) is 9.36 Å². The lowest BCUT2D eigenvalue weighted by atomic mass is 10.1. The van der Waals surface area contributed by atoms with Crippen LogP contribution in [0.2, 0.25) is 28.2 Å². The molecule has 2 saturated heterocycles. The van der Waals surface area contributed by atoms with E-state index in [-0.39, 0.29) is 22.5 Å². The van der Waals surface area contributed by atoms with Crippen molar-refractivity contribution in [3.63, 3.8) is 0 Å². The zero-order valence-electron chi connectivity index (χ0n) is 22.6. The third kappa shape index (κ3) is 6.33. The molecule has 2 aromatic rings. The summed E-state index contributed by atoms with van der Waals surface area (Å²) in [4.78, 5) is 16.0. The summed E-state index contributed by atoms with van der Waals surface area (Å²) in [6.07, 6.45) is -4.78. The number of phosphoric acid groups is 1. The Labute approximate surface area is 241 Å². The van der Waals surface area contributed by atoms with Gasteiger partial charge in [0.15, 0.2) is 8.32 Å². The van der Waals surface area contributed by atoms with Gasteiger partial charge in [-0.05, 0) is 30.3 Å². The second-order valence-electron chi connectivity index (χ2n) is 11.1. The highest BCUT2D eigenvalue weighted by Crippen LogP contribution is 2.58. The fourth-order valence-electron chi connectivity index (χ4n) is 4.07.